The van der Waals surface area contributed by atoms with Gasteiger partial charge in [0.1, 0.15) is 0 Å². The normalized spacial score (nSPS) is 14.1. The van der Waals surface area contributed by atoms with E-state index >= 15 is 0 Å². The Balaban J connectivity index is 4.92. The van der Waals surface area contributed by atoms with Crippen LogP contribution >= 0.6 is 0 Å². The van der Waals surface area contributed by atoms with E-state index in [1.54, 1.807) is 6.08 Å². The molecule has 1 unspecified atom stereocenters. The van der Waals surface area contributed by atoms with E-state index in [1.807, 2.05) is 27.7 Å². The Morgan fingerprint density at radius 3 is 2.14 bits per heavy atom. The third kappa shape index (κ3) is 2.84. The maximum absolute atomic E-state index is 11.4. The standard InChI is InChI=1S/C11H22N2O/c1-6-11(4,5)9(10(12)14)13(7-2)8-3/h6,9H,1,7-8H2,2-5H3,(H2,12,14). The van der Waals surface area contributed by atoms with Gasteiger partial charge in [0.15, 0.2) is 0 Å². The quantitative estimate of drug-likeness (QED) is 0.656. The smallest absolute Gasteiger partial charge is 0.235 e. The highest BCUT2D eigenvalue weighted by atomic mass is 16.1. The molecule has 0 heterocycles. The highest BCUT2D eigenvalue weighted by molar-refractivity contribution is 5.81. The summed E-state index contributed by atoms with van der Waals surface area (Å²) in [5, 5.41) is 0. The zero-order valence-electron chi connectivity index (χ0n) is 9.71. The number of hydrogen-bond acceptors (Lipinski definition) is 2. The van der Waals surface area contributed by atoms with Crippen LogP contribution in [0, 0.1) is 5.41 Å². The number of nitrogens with two attached hydrogens (primary N) is 1. The fourth-order valence-corrected chi connectivity index (χ4v) is 1.72. The van der Waals surface area contributed by atoms with Crippen molar-refractivity contribution in [2.24, 2.45) is 11.1 Å². The first-order valence-electron chi connectivity index (χ1n) is 5.07. The fourth-order valence-electron chi connectivity index (χ4n) is 1.72. The molecule has 1 atom stereocenters. The van der Waals surface area contributed by atoms with E-state index in [1.165, 1.54) is 0 Å². The lowest BCUT2D eigenvalue weighted by Crippen LogP contribution is -2.52. The average molecular weight is 198 g/mol. The predicted molar refractivity (Wildman–Crippen MR) is 59.9 cm³/mol. The Labute approximate surface area is 87.0 Å². The van der Waals surface area contributed by atoms with Crippen LogP contribution in [-0.2, 0) is 4.79 Å². The van der Waals surface area contributed by atoms with Gasteiger partial charge >= 0.3 is 0 Å². The molecule has 1 amide bonds. The molecule has 0 saturated heterocycles. The van der Waals surface area contributed by atoms with E-state index in [2.05, 4.69) is 11.5 Å². The summed E-state index contributed by atoms with van der Waals surface area (Å²) in [5.74, 6) is -0.279. The highest BCUT2D eigenvalue weighted by Crippen LogP contribution is 2.26. The maximum Gasteiger partial charge on any atom is 0.235 e. The van der Waals surface area contributed by atoms with Crippen molar-refractivity contribution in [2.45, 2.75) is 33.7 Å². The summed E-state index contributed by atoms with van der Waals surface area (Å²) in [6, 6.07) is -0.269. The molecule has 0 aliphatic rings. The molecule has 3 nitrogen and oxygen atoms in total. The van der Waals surface area contributed by atoms with Crippen molar-refractivity contribution in [2.75, 3.05) is 13.1 Å². The molecule has 0 aromatic carbocycles. The van der Waals surface area contributed by atoms with Gasteiger partial charge in [-0.3, -0.25) is 9.69 Å². The van der Waals surface area contributed by atoms with Crippen LogP contribution in [0.15, 0.2) is 12.7 Å². The van der Waals surface area contributed by atoms with E-state index in [0.29, 0.717) is 0 Å². The van der Waals surface area contributed by atoms with Crippen molar-refractivity contribution in [3.63, 3.8) is 0 Å². The number of amides is 1. The number of carbonyl (C=O) groups is 1. The Kier molecular flexibility index (Phi) is 4.85. The van der Waals surface area contributed by atoms with E-state index < -0.39 is 0 Å². The van der Waals surface area contributed by atoms with Crippen LogP contribution in [0.5, 0.6) is 0 Å². The Hall–Kier alpha value is -0.830. The lowest BCUT2D eigenvalue weighted by Gasteiger charge is -2.37. The molecule has 0 rings (SSSR count). The SMILES string of the molecule is C=CC(C)(C)C(C(N)=O)N(CC)CC. The van der Waals surface area contributed by atoms with E-state index in [9.17, 15) is 4.79 Å². The van der Waals surface area contributed by atoms with Crippen LogP contribution < -0.4 is 5.73 Å². The molecule has 3 heteroatoms. The fraction of sp³-hybridized carbons (Fsp3) is 0.727. The first-order valence-corrected chi connectivity index (χ1v) is 5.07. The maximum atomic E-state index is 11.4. The van der Waals surface area contributed by atoms with E-state index in [0.717, 1.165) is 13.1 Å². The van der Waals surface area contributed by atoms with Crippen molar-refractivity contribution in [1.82, 2.24) is 4.90 Å². The first-order chi connectivity index (χ1) is 6.40. The van der Waals surface area contributed by atoms with Crippen LogP contribution in [0.2, 0.25) is 0 Å². The minimum absolute atomic E-state index is 0.269. The summed E-state index contributed by atoms with van der Waals surface area (Å²) in [4.78, 5) is 13.5. The van der Waals surface area contributed by atoms with Crippen molar-refractivity contribution in [3.8, 4) is 0 Å². The highest BCUT2D eigenvalue weighted by Gasteiger charge is 2.34. The zero-order chi connectivity index (χ0) is 11.4. The predicted octanol–water partition coefficient (Wildman–Crippen LogP) is 1.39. The van der Waals surface area contributed by atoms with Gasteiger partial charge in [0.05, 0.1) is 6.04 Å². The monoisotopic (exact) mass is 198 g/mol. The molecule has 0 saturated carbocycles. The number of rotatable bonds is 6. The molecular weight excluding hydrogens is 176 g/mol. The van der Waals surface area contributed by atoms with Gasteiger partial charge in [0.25, 0.3) is 0 Å². The average Bonchev–Trinajstić information content (AvgIpc) is 2.12. The van der Waals surface area contributed by atoms with Gasteiger partial charge in [-0.05, 0) is 13.1 Å². The third-order valence-corrected chi connectivity index (χ3v) is 2.68. The summed E-state index contributed by atoms with van der Waals surface area (Å²) in [5.41, 5.74) is 5.14. The van der Waals surface area contributed by atoms with Crippen molar-refractivity contribution >= 4 is 5.91 Å². The molecule has 0 aromatic heterocycles. The van der Waals surface area contributed by atoms with Crippen molar-refractivity contribution in [1.29, 1.82) is 0 Å². The number of nitrogens with zero attached hydrogens (tertiary/aromatic N) is 1. The number of primary amides is 1. The summed E-state index contributed by atoms with van der Waals surface area (Å²) in [7, 11) is 0. The third-order valence-electron chi connectivity index (χ3n) is 2.68. The van der Waals surface area contributed by atoms with Gasteiger partial charge < -0.3 is 5.73 Å². The molecule has 82 valence electrons. The number of carbonyl (C=O) groups excluding carboxylic acids is 1. The zero-order valence-corrected chi connectivity index (χ0v) is 9.71. The van der Waals surface area contributed by atoms with Gasteiger partial charge in [0, 0.05) is 5.41 Å². The second-order valence-electron chi connectivity index (χ2n) is 4.05. The van der Waals surface area contributed by atoms with Crippen LogP contribution in [0.1, 0.15) is 27.7 Å². The molecule has 0 aliphatic heterocycles. The summed E-state index contributed by atoms with van der Waals surface area (Å²) >= 11 is 0. The second kappa shape index (κ2) is 5.15. The number of hydrogen-bond donors (Lipinski definition) is 1. The molecule has 2 N–H and O–H groups in total. The molecule has 0 aliphatic carbocycles. The minimum Gasteiger partial charge on any atom is -0.368 e. The first kappa shape index (κ1) is 13.2. The van der Waals surface area contributed by atoms with Crippen LogP contribution in [0.3, 0.4) is 0 Å². The van der Waals surface area contributed by atoms with Crippen LogP contribution in [0.25, 0.3) is 0 Å². The lowest BCUT2D eigenvalue weighted by molar-refractivity contribution is -0.126. The van der Waals surface area contributed by atoms with E-state index in [4.69, 9.17) is 5.73 Å². The summed E-state index contributed by atoms with van der Waals surface area (Å²) < 4.78 is 0. The molecule has 0 bridgehead atoms. The molecule has 0 fully saturated rings. The second-order valence-corrected chi connectivity index (χ2v) is 4.05. The molecule has 0 spiro atoms. The Morgan fingerprint density at radius 1 is 1.50 bits per heavy atom. The summed E-state index contributed by atoms with van der Waals surface area (Å²) in [6.45, 7) is 13.4. The summed E-state index contributed by atoms with van der Waals surface area (Å²) in [6.07, 6.45) is 1.79. The van der Waals surface area contributed by atoms with Crippen molar-refractivity contribution < 1.29 is 4.79 Å². The van der Waals surface area contributed by atoms with Gasteiger partial charge in [-0.25, -0.2) is 0 Å². The van der Waals surface area contributed by atoms with Crippen molar-refractivity contribution in [3.05, 3.63) is 12.7 Å². The lowest BCUT2D eigenvalue weighted by atomic mass is 9.83. The van der Waals surface area contributed by atoms with Crippen LogP contribution in [0.4, 0.5) is 0 Å². The molecular formula is C11H22N2O. The van der Waals surface area contributed by atoms with Gasteiger partial charge in [0.2, 0.25) is 5.91 Å². The Morgan fingerprint density at radius 2 is 1.93 bits per heavy atom. The Bertz CT molecular complexity index is 207. The largest absolute Gasteiger partial charge is 0.368 e. The van der Waals surface area contributed by atoms with Gasteiger partial charge in [-0.1, -0.05) is 33.8 Å². The minimum atomic E-state index is -0.280. The molecule has 0 aromatic rings. The van der Waals surface area contributed by atoms with Crippen LogP contribution in [-0.4, -0.2) is 29.9 Å². The molecule has 0 radical (unpaired) electrons. The van der Waals surface area contributed by atoms with E-state index in [-0.39, 0.29) is 17.4 Å². The van der Waals surface area contributed by atoms with Gasteiger partial charge in [-0.15, -0.1) is 6.58 Å². The topological polar surface area (TPSA) is 46.3 Å². The number of likely N-dealkylation sites (N-methyl/N-ethyl adjacent to an activating group) is 1. The van der Waals surface area contributed by atoms with Gasteiger partial charge in [-0.2, -0.15) is 0 Å². The molecule has 14 heavy (non-hydrogen) atoms.